The number of alkyl halides is 5. The minimum atomic E-state index is -5.59. The largest absolute Gasteiger partial charge is 0.459 e. The standard InChI is InChI=1S/C22H33F5O5S/c1-19(2,3)32-18(28)20(12-14-31-15-13-20)33(29,30)17-9-7-16(8-10-17)6-4-5-11-21(23,24)22(25,26)27/h4-5,16-17H,6-15H2,1-3H3/b5-4+. The topological polar surface area (TPSA) is 69.7 Å². The predicted octanol–water partition coefficient (Wildman–Crippen LogP) is 5.38. The molecule has 0 radical (unpaired) electrons. The zero-order chi connectivity index (χ0) is 25.1. The van der Waals surface area contributed by atoms with Gasteiger partial charge in [-0.05, 0) is 58.8 Å². The lowest BCUT2D eigenvalue weighted by molar-refractivity contribution is -0.280. The van der Waals surface area contributed by atoms with Gasteiger partial charge in [0, 0.05) is 32.5 Å². The second kappa shape index (κ2) is 10.2. The van der Waals surface area contributed by atoms with Crippen molar-refractivity contribution in [1.82, 2.24) is 0 Å². The third kappa shape index (κ3) is 6.68. The molecule has 2 aliphatic rings. The van der Waals surface area contributed by atoms with Crippen LogP contribution in [0.3, 0.4) is 0 Å². The lowest BCUT2D eigenvalue weighted by Gasteiger charge is -2.40. The fraction of sp³-hybridized carbons (Fsp3) is 0.864. The molecule has 0 spiro atoms. The van der Waals surface area contributed by atoms with Gasteiger partial charge in [0.1, 0.15) is 5.60 Å². The number of ether oxygens (including phenoxy) is 2. The molecule has 1 saturated carbocycles. The monoisotopic (exact) mass is 504 g/mol. The van der Waals surface area contributed by atoms with Gasteiger partial charge in [0.15, 0.2) is 14.6 Å². The molecule has 0 aromatic rings. The molecular formula is C22H33F5O5S. The molecule has 2 fully saturated rings. The highest BCUT2D eigenvalue weighted by atomic mass is 32.2. The second-order valence-electron chi connectivity index (χ2n) is 9.91. The Hall–Kier alpha value is -1.23. The summed E-state index contributed by atoms with van der Waals surface area (Å²) >= 11 is 0. The first-order valence-electron chi connectivity index (χ1n) is 11.2. The maximum absolute atomic E-state index is 13.6. The Morgan fingerprint density at radius 1 is 1.00 bits per heavy atom. The van der Waals surface area contributed by atoms with Crippen LogP contribution in [0.4, 0.5) is 22.0 Å². The van der Waals surface area contributed by atoms with E-state index in [0.29, 0.717) is 32.1 Å². The Morgan fingerprint density at radius 3 is 2.03 bits per heavy atom. The molecule has 0 bridgehead atoms. The Bertz CT molecular complexity index is 800. The van der Waals surface area contributed by atoms with E-state index in [4.69, 9.17) is 9.47 Å². The van der Waals surface area contributed by atoms with Crippen molar-refractivity contribution in [1.29, 1.82) is 0 Å². The summed E-state index contributed by atoms with van der Waals surface area (Å²) in [6, 6.07) is 0. The van der Waals surface area contributed by atoms with Gasteiger partial charge < -0.3 is 9.47 Å². The SMILES string of the molecule is CC(C)(C)OC(=O)C1(S(=O)(=O)C2CCC(C/C=C/CC(F)(F)C(F)(F)F)CC2)CCOCC1. The summed E-state index contributed by atoms with van der Waals surface area (Å²) in [5.74, 6) is -5.54. The Balaban J connectivity index is 2.01. The van der Waals surface area contributed by atoms with Crippen molar-refractivity contribution < 1.29 is 44.6 Å². The summed E-state index contributed by atoms with van der Waals surface area (Å²) in [5.41, 5.74) is -0.842. The van der Waals surface area contributed by atoms with Crippen LogP contribution in [0, 0.1) is 5.92 Å². The summed E-state index contributed by atoms with van der Waals surface area (Å²) in [4.78, 5) is 13.0. The Morgan fingerprint density at radius 2 is 1.55 bits per heavy atom. The van der Waals surface area contributed by atoms with Crippen LogP contribution in [0.15, 0.2) is 12.2 Å². The molecule has 1 heterocycles. The van der Waals surface area contributed by atoms with Crippen molar-refractivity contribution in [2.45, 2.75) is 99.8 Å². The first-order valence-corrected chi connectivity index (χ1v) is 12.7. The molecule has 0 aromatic heterocycles. The van der Waals surface area contributed by atoms with Gasteiger partial charge in [-0.25, -0.2) is 8.42 Å². The van der Waals surface area contributed by atoms with E-state index in [1.54, 1.807) is 20.8 Å². The average Bonchev–Trinajstić information content (AvgIpc) is 2.70. The molecule has 5 nitrogen and oxygen atoms in total. The number of hydrogen-bond donors (Lipinski definition) is 0. The minimum absolute atomic E-state index is 0.0145. The zero-order valence-electron chi connectivity index (χ0n) is 19.2. The Labute approximate surface area is 192 Å². The van der Waals surface area contributed by atoms with E-state index < -0.39 is 49.9 Å². The van der Waals surface area contributed by atoms with Crippen LogP contribution in [0.5, 0.6) is 0 Å². The van der Waals surface area contributed by atoms with Crippen LogP contribution in [0.25, 0.3) is 0 Å². The molecule has 0 N–H and O–H groups in total. The number of rotatable bonds is 7. The molecule has 0 aromatic carbocycles. The van der Waals surface area contributed by atoms with E-state index in [1.165, 1.54) is 6.08 Å². The highest BCUT2D eigenvalue weighted by Crippen LogP contribution is 2.41. The zero-order valence-corrected chi connectivity index (χ0v) is 20.0. The number of allylic oxidation sites excluding steroid dienone is 2. The van der Waals surface area contributed by atoms with Crippen molar-refractivity contribution in [2.24, 2.45) is 5.92 Å². The van der Waals surface area contributed by atoms with Crippen molar-refractivity contribution in [3.63, 3.8) is 0 Å². The van der Waals surface area contributed by atoms with Crippen LogP contribution < -0.4 is 0 Å². The number of carbonyl (C=O) groups is 1. The molecule has 0 amide bonds. The molecule has 1 saturated heterocycles. The molecule has 1 aliphatic carbocycles. The van der Waals surface area contributed by atoms with Gasteiger partial charge in [0.2, 0.25) is 0 Å². The smallest absolute Gasteiger partial charge is 0.453 e. The number of sulfone groups is 1. The lowest BCUT2D eigenvalue weighted by atomic mass is 9.86. The van der Waals surface area contributed by atoms with Crippen LogP contribution in [0.1, 0.15) is 72.1 Å². The van der Waals surface area contributed by atoms with E-state index in [1.807, 2.05) is 0 Å². The van der Waals surface area contributed by atoms with Gasteiger partial charge >= 0.3 is 18.1 Å². The van der Waals surface area contributed by atoms with E-state index in [9.17, 15) is 35.2 Å². The molecule has 33 heavy (non-hydrogen) atoms. The second-order valence-corrected chi connectivity index (χ2v) is 12.4. The molecule has 2 rings (SSSR count). The van der Waals surface area contributed by atoms with E-state index in [2.05, 4.69) is 0 Å². The van der Waals surface area contributed by atoms with Crippen molar-refractivity contribution in [3.8, 4) is 0 Å². The Kier molecular flexibility index (Phi) is 8.64. The quantitative estimate of drug-likeness (QED) is 0.264. The van der Waals surface area contributed by atoms with Gasteiger partial charge in [0.05, 0.1) is 5.25 Å². The summed E-state index contributed by atoms with van der Waals surface area (Å²) in [6.07, 6.45) is -2.97. The molecule has 11 heteroatoms. The fourth-order valence-corrected chi connectivity index (χ4v) is 6.85. The summed E-state index contributed by atoms with van der Waals surface area (Å²) in [5, 5.41) is -0.738. The van der Waals surface area contributed by atoms with E-state index >= 15 is 0 Å². The number of hydrogen-bond acceptors (Lipinski definition) is 5. The predicted molar refractivity (Wildman–Crippen MR) is 113 cm³/mol. The third-order valence-corrected chi connectivity index (χ3v) is 9.29. The third-order valence-electron chi connectivity index (χ3n) is 6.27. The molecule has 0 atom stereocenters. The summed E-state index contributed by atoms with van der Waals surface area (Å²) < 4.78 is 98.9. The van der Waals surface area contributed by atoms with Crippen molar-refractivity contribution in [3.05, 3.63) is 12.2 Å². The van der Waals surface area contributed by atoms with Gasteiger partial charge in [-0.3, -0.25) is 4.79 Å². The van der Waals surface area contributed by atoms with Crippen molar-refractivity contribution in [2.75, 3.05) is 13.2 Å². The maximum Gasteiger partial charge on any atom is 0.453 e. The first-order chi connectivity index (χ1) is 15.0. The lowest BCUT2D eigenvalue weighted by Crippen LogP contribution is -2.56. The van der Waals surface area contributed by atoms with Crippen LogP contribution >= 0.6 is 0 Å². The normalized spacial score (nSPS) is 25.2. The highest BCUT2D eigenvalue weighted by Gasteiger charge is 2.57. The van der Waals surface area contributed by atoms with Crippen LogP contribution in [-0.4, -0.2) is 55.3 Å². The highest BCUT2D eigenvalue weighted by molar-refractivity contribution is 7.94. The fourth-order valence-electron chi connectivity index (χ4n) is 4.31. The van der Waals surface area contributed by atoms with Gasteiger partial charge in [0.25, 0.3) is 0 Å². The number of halogens is 5. The molecule has 1 aliphatic heterocycles. The molecular weight excluding hydrogens is 471 g/mol. The van der Waals surface area contributed by atoms with Gasteiger partial charge in [-0.15, -0.1) is 0 Å². The summed E-state index contributed by atoms with van der Waals surface area (Å²) in [6.45, 7) is 5.30. The average molecular weight is 505 g/mol. The van der Waals surface area contributed by atoms with Crippen LogP contribution in [0.2, 0.25) is 0 Å². The van der Waals surface area contributed by atoms with E-state index in [0.717, 1.165) is 6.08 Å². The first kappa shape index (κ1) is 28.0. The van der Waals surface area contributed by atoms with Gasteiger partial charge in [-0.1, -0.05) is 12.2 Å². The maximum atomic E-state index is 13.6. The minimum Gasteiger partial charge on any atom is -0.459 e. The van der Waals surface area contributed by atoms with Crippen molar-refractivity contribution >= 4 is 15.8 Å². The number of esters is 1. The van der Waals surface area contributed by atoms with Crippen LogP contribution in [-0.2, 0) is 24.1 Å². The molecule has 0 unspecified atom stereocenters. The van der Waals surface area contributed by atoms with Gasteiger partial charge in [-0.2, -0.15) is 22.0 Å². The summed E-state index contributed by atoms with van der Waals surface area (Å²) in [7, 11) is -3.90. The van der Waals surface area contributed by atoms with E-state index in [-0.39, 0.29) is 32.0 Å². The molecule has 192 valence electrons. The number of carbonyl (C=O) groups excluding carboxylic acids is 1.